The maximum atomic E-state index is 6.41. The van der Waals surface area contributed by atoms with Gasteiger partial charge < -0.3 is 20.2 Å². The number of imidazole rings is 1. The molecule has 3 aromatic rings. The van der Waals surface area contributed by atoms with E-state index in [1.165, 1.54) is 0 Å². The number of ether oxygens (including phenoxy) is 2. The summed E-state index contributed by atoms with van der Waals surface area (Å²) in [7, 11) is 0. The van der Waals surface area contributed by atoms with Crippen molar-refractivity contribution in [3.8, 4) is 22.9 Å². The standard InChI is InChI=1S/C18H20ClN3O2/c1-3-7-24-17-13(19)8-11(9-16(17)23-4-2)18-21-14-6-5-12(20)10-15(14)22-18/h5-6,8-10H,3-4,7,20H2,1-2H3,(H,21,22). The van der Waals surface area contributed by atoms with Crippen LogP contribution < -0.4 is 15.2 Å². The number of halogens is 1. The van der Waals surface area contributed by atoms with E-state index in [1.807, 2.05) is 44.2 Å². The molecule has 0 aliphatic carbocycles. The number of benzene rings is 2. The predicted molar refractivity (Wildman–Crippen MR) is 97.9 cm³/mol. The van der Waals surface area contributed by atoms with Crippen molar-refractivity contribution in [2.45, 2.75) is 20.3 Å². The van der Waals surface area contributed by atoms with E-state index in [9.17, 15) is 0 Å². The number of nitrogens with one attached hydrogen (secondary N) is 1. The van der Waals surface area contributed by atoms with Gasteiger partial charge in [0, 0.05) is 11.3 Å². The van der Waals surface area contributed by atoms with Crippen LogP contribution in [0.5, 0.6) is 11.5 Å². The summed E-state index contributed by atoms with van der Waals surface area (Å²) in [6, 6.07) is 9.29. The van der Waals surface area contributed by atoms with Gasteiger partial charge in [-0.3, -0.25) is 0 Å². The molecule has 0 amide bonds. The lowest BCUT2D eigenvalue weighted by atomic mass is 10.2. The van der Waals surface area contributed by atoms with Crippen LogP contribution in [0.25, 0.3) is 22.4 Å². The van der Waals surface area contributed by atoms with Gasteiger partial charge in [0.2, 0.25) is 0 Å². The fourth-order valence-corrected chi connectivity index (χ4v) is 2.74. The van der Waals surface area contributed by atoms with Gasteiger partial charge in [-0.05, 0) is 43.7 Å². The van der Waals surface area contributed by atoms with Gasteiger partial charge >= 0.3 is 0 Å². The number of fused-ring (bicyclic) bond motifs is 1. The van der Waals surface area contributed by atoms with E-state index in [4.69, 9.17) is 26.8 Å². The molecular weight excluding hydrogens is 326 g/mol. The van der Waals surface area contributed by atoms with E-state index in [2.05, 4.69) is 9.97 Å². The van der Waals surface area contributed by atoms with Crippen molar-refractivity contribution in [3.05, 3.63) is 35.4 Å². The Hall–Kier alpha value is -2.40. The number of H-pyrrole nitrogens is 1. The minimum absolute atomic E-state index is 0.504. The summed E-state index contributed by atoms with van der Waals surface area (Å²) in [5.41, 5.74) is 9.07. The van der Waals surface area contributed by atoms with E-state index in [0.29, 0.717) is 41.2 Å². The number of hydrogen-bond donors (Lipinski definition) is 2. The number of aromatic amines is 1. The van der Waals surface area contributed by atoms with Crippen LogP contribution in [0.3, 0.4) is 0 Å². The van der Waals surface area contributed by atoms with Gasteiger partial charge in [-0.2, -0.15) is 0 Å². The van der Waals surface area contributed by atoms with Gasteiger partial charge in [-0.25, -0.2) is 4.98 Å². The summed E-state index contributed by atoms with van der Waals surface area (Å²) < 4.78 is 11.4. The number of nitrogens with two attached hydrogens (primary N) is 1. The third kappa shape index (κ3) is 3.26. The summed E-state index contributed by atoms with van der Waals surface area (Å²) >= 11 is 6.41. The average molecular weight is 346 g/mol. The molecule has 3 rings (SSSR count). The lowest BCUT2D eigenvalue weighted by Crippen LogP contribution is -2.01. The first kappa shape index (κ1) is 16.5. The Labute approximate surface area is 145 Å². The number of anilines is 1. The van der Waals surface area contributed by atoms with Gasteiger partial charge in [0.25, 0.3) is 0 Å². The van der Waals surface area contributed by atoms with E-state index in [0.717, 1.165) is 23.0 Å². The Balaban J connectivity index is 2.05. The lowest BCUT2D eigenvalue weighted by Gasteiger charge is -2.14. The van der Waals surface area contributed by atoms with Crippen molar-refractivity contribution < 1.29 is 9.47 Å². The fourth-order valence-electron chi connectivity index (χ4n) is 2.48. The Morgan fingerprint density at radius 2 is 2.00 bits per heavy atom. The zero-order valence-electron chi connectivity index (χ0n) is 13.7. The first-order chi connectivity index (χ1) is 11.6. The number of nitrogen functional groups attached to an aromatic ring is 1. The molecule has 0 saturated heterocycles. The van der Waals surface area contributed by atoms with Crippen LogP contribution in [-0.4, -0.2) is 23.2 Å². The van der Waals surface area contributed by atoms with Gasteiger partial charge in [0.15, 0.2) is 11.5 Å². The predicted octanol–water partition coefficient (Wildman–Crippen LogP) is 4.65. The summed E-state index contributed by atoms with van der Waals surface area (Å²) in [6.07, 6.45) is 0.897. The smallest absolute Gasteiger partial charge is 0.179 e. The fraction of sp³-hybridized carbons (Fsp3) is 0.278. The number of rotatable bonds is 6. The summed E-state index contributed by atoms with van der Waals surface area (Å²) in [5, 5.41) is 0.504. The Kier molecular flexibility index (Phi) is 4.81. The van der Waals surface area contributed by atoms with Crippen molar-refractivity contribution >= 4 is 28.3 Å². The molecule has 0 atom stereocenters. The second kappa shape index (κ2) is 7.01. The third-order valence-corrected chi connectivity index (χ3v) is 3.82. The zero-order valence-corrected chi connectivity index (χ0v) is 14.5. The second-order valence-electron chi connectivity index (χ2n) is 5.43. The minimum atomic E-state index is 0.504. The number of hydrogen-bond acceptors (Lipinski definition) is 4. The largest absolute Gasteiger partial charge is 0.490 e. The molecule has 5 nitrogen and oxygen atoms in total. The van der Waals surface area contributed by atoms with Gasteiger partial charge in [-0.1, -0.05) is 18.5 Å². The van der Waals surface area contributed by atoms with Crippen molar-refractivity contribution in [3.63, 3.8) is 0 Å². The minimum Gasteiger partial charge on any atom is -0.490 e. The SMILES string of the molecule is CCCOc1c(Cl)cc(-c2nc3ccc(N)cc3[nH]2)cc1OCC. The van der Waals surface area contributed by atoms with E-state index >= 15 is 0 Å². The highest BCUT2D eigenvalue weighted by Gasteiger charge is 2.15. The quantitative estimate of drug-likeness (QED) is 0.637. The molecular formula is C18H20ClN3O2. The molecule has 0 saturated carbocycles. The molecule has 0 radical (unpaired) electrons. The first-order valence-electron chi connectivity index (χ1n) is 7.97. The highest BCUT2D eigenvalue weighted by atomic mass is 35.5. The zero-order chi connectivity index (χ0) is 17.1. The van der Waals surface area contributed by atoms with Crippen LogP contribution in [0.15, 0.2) is 30.3 Å². The number of aromatic nitrogens is 2. The van der Waals surface area contributed by atoms with Crippen LogP contribution in [0.1, 0.15) is 20.3 Å². The molecule has 0 bridgehead atoms. The van der Waals surface area contributed by atoms with Crippen molar-refractivity contribution in [1.82, 2.24) is 9.97 Å². The molecule has 0 aliphatic heterocycles. The molecule has 0 aliphatic rings. The normalized spacial score (nSPS) is 11.0. The van der Waals surface area contributed by atoms with Gasteiger partial charge in [0.05, 0.1) is 29.3 Å². The van der Waals surface area contributed by atoms with Crippen molar-refractivity contribution in [1.29, 1.82) is 0 Å². The number of nitrogens with zero attached hydrogens (tertiary/aromatic N) is 1. The maximum Gasteiger partial charge on any atom is 0.179 e. The third-order valence-electron chi connectivity index (χ3n) is 3.54. The second-order valence-corrected chi connectivity index (χ2v) is 5.84. The van der Waals surface area contributed by atoms with Crippen molar-refractivity contribution in [2.24, 2.45) is 0 Å². The summed E-state index contributed by atoms with van der Waals surface area (Å²) in [6.45, 7) is 5.08. The topological polar surface area (TPSA) is 73.2 Å². The molecule has 126 valence electrons. The average Bonchev–Trinajstić information content (AvgIpc) is 2.97. The van der Waals surface area contributed by atoms with E-state index < -0.39 is 0 Å². The van der Waals surface area contributed by atoms with Crippen LogP contribution in [-0.2, 0) is 0 Å². The molecule has 0 spiro atoms. The first-order valence-corrected chi connectivity index (χ1v) is 8.35. The highest BCUT2D eigenvalue weighted by molar-refractivity contribution is 6.32. The van der Waals surface area contributed by atoms with E-state index in [1.54, 1.807) is 0 Å². The summed E-state index contributed by atoms with van der Waals surface area (Å²) in [5.74, 6) is 1.90. The highest BCUT2D eigenvalue weighted by Crippen LogP contribution is 2.39. The maximum absolute atomic E-state index is 6.41. The van der Waals surface area contributed by atoms with Gasteiger partial charge in [0.1, 0.15) is 5.82 Å². The van der Waals surface area contributed by atoms with Crippen LogP contribution >= 0.6 is 11.6 Å². The molecule has 24 heavy (non-hydrogen) atoms. The Morgan fingerprint density at radius 1 is 1.17 bits per heavy atom. The molecule has 0 unspecified atom stereocenters. The van der Waals surface area contributed by atoms with E-state index in [-0.39, 0.29) is 0 Å². The molecule has 1 heterocycles. The van der Waals surface area contributed by atoms with Crippen molar-refractivity contribution in [2.75, 3.05) is 18.9 Å². The molecule has 0 fully saturated rings. The van der Waals surface area contributed by atoms with Crippen LogP contribution in [0.4, 0.5) is 5.69 Å². The Bertz CT molecular complexity index is 861. The monoisotopic (exact) mass is 345 g/mol. The Morgan fingerprint density at radius 3 is 2.75 bits per heavy atom. The lowest BCUT2D eigenvalue weighted by molar-refractivity contribution is 0.277. The van der Waals surface area contributed by atoms with Gasteiger partial charge in [-0.15, -0.1) is 0 Å². The van der Waals surface area contributed by atoms with Crippen LogP contribution in [0, 0.1) is 0 Å². The summed E-state index contributed by atoms with van der Waals surface area (Å²) in [4.78, 5) is 7.86. The molecule has 1 aromatic heterocycles. The molecule has 3 N–H and O–H groups in total. The molecule has 2 aromatic carbocycles. The van der Waals surface area contributed by atoms with Crippen LogP contribution in [0.2, 0.25) is 5.02 Å². The molecule has 6 heteroatoms.